The van der Waals surface area contributed by atoms with Crippen LogP contribution in [-0.2, 0) is 18.1 Å². The van der Waals surface area contributed by atoms with Crippen LogP contribution in [0.1, 0.15) is 11.3 Å². The normalized spacial score (nSPS) is 12.0. The van der Waals surface area contributed by atoms with Gasteiger partial charge in [-0.3, -0.25) is 9.36 Å². The summed E-state index contributed by atoms with van der Waals surface area (Å²) in [5.74, 6) is 0. The number of rotatable bonds is 3. The molecule has 0 fully saturated rings. The van der Waals surface area contributed by atoms with E-state index in [9.17, 15) is 22.8 Å². The Morgan fingerprint density at radius 3 is 2.50 bits per heavy atom. The van der Waals surface area contributed by atoms with E-state index in [1.165, 1.54) is 25.3 Å². The molecule has 2 rings (SSSR count). The van der Waals surface area contributed by atoms with Gasteiger partial charge in [0.05, 0.1) is 10.7 Å². The van der Waals surface area contributed by atoms with Gasteiger partial charge >= 0.3 is 11.9 Å². The van der Waals surface area contributed by atoms with Crippen molar-refractivity contribution in [3.05, 3.63) is 61.4 Å². The van der Waals surface area contributed by atoms with Crippen molar-refractivity contribution in [2.24, 2.45) is 12.2 Å². The molecule has 7 nitrogen and oxygen atoms in total. The molecule has 0 aliphatic heterocycles. The number of oxime groups is 1. The van der Waals surface area contributed by atoms with Gasteiger partial charge in [-0.25, -0.2) is 9.36 Å². The molecule has 0 aliphatic rings. The van der Waals surface area contributed by atoms with Gasteiger partial charge in [0.2, 0.25) is 0 Å². The SMILES string of the molecule is CON=C(C#N)c1cc(-n2c(=O)cc(C(F)(F)F)n(C)c2=O)ccc1Cl. The lowest BCUT2D eigenvalue weighted by Crippen LogP contribution is -2.40. The Kier molecular flexibility index (Phi) is 5.22. The Hall–Kier alpha value is -3.06. The van der Waals surface area contributed by atoms with Gasteiger partial charge in [0, 0.05) is 18.7 Å². The minimum atomic E-state index is -4.86. The largest absolute Gasteiger partial charge is 0.431 e. The zero-order valence-electron chi connectivity index (χ0n) is 13.3. The summed E-state index contributed by atoms with van der Waals surface area (Å²) in [7, 11) is 2.09. The van der Waals surface area contributed by atoms with Gasteiger partial charge in [0.25, 0.3) is 5.56 Å². The van der Waals surface area contributed by atoms with E-state index in [1.54, 1.807) is 6.07 Å². The Labute approximate surface area is 149 Å². The van der Waals surface area contributed by atoms with Crippen LogP contribution >= 0.6 is 11.6 Å². The topological polar surface area (TPSA) is 89.4 Å². The van der Waals surface area contributed by atoms with Crippen LogP contribution in [0.5, 0.6) is 0 Å². The standard InChI is InChI=1S/C15H10ClF3N4O3/c1-22-12(15(17,18)19)6-13(24)23(14(22)25)8-3-4-10(16)9(5-8)11(7-20)21-26-2/h3-6H,1-2H3. The van der Waals surface area contributed by atoms with Crippen molar-refractivity contribution in [1.29, 1.82) is 5.26 Å². The molecule has 0 spiro atoms. The predicted octanol–water partition coefficient (Wildman–Crippen LogP) is 2.08. The molecule has 0 amide bonds. The highest BCUT2D eigenvalue weighted by molar-refractivity contribution is 6.35. The van der Waals surface area contributed by atoms with E-state index in [2.05, 4.69) is 9.99 Å². The van der Waals surface area contributed by atoms with Gasteiger partial charge in [-0.05, 0) is 18.2 Å². The minimum Gasteiger partial charge on any atom is -0.398 e. The third-order valence-electron chi connectivity index (χ3n) is 3.36. The summed E-state index contributed by atoms with van der Waals surface area (Å²) >= 11 is 5.98. The van der Waals surface area contributed by atoms with Crippen molar-refractivity contribution in [2.75, 3.05) is 7.11 Å². The molecule has 1 heterocycles. The third-order valence-corrected chi connectivity index (χ3v) is 3.69. The Balaban J connectivity index is 2.78. The number of nitriles is 1. The van der Waals surface area contributed by atoms with Gasteiger partial charge in [-0.15, -0.1) is 0 Å². The molecule has 0 bridgehead atoms. The second-order valence-corrected chi connectivity index (χ2v) is 5.35. The first-order valence-electron chi connectivity index (χ1n) is 6.83. The summed E-state index contributed by atoms with van der Waals surface area (Å²) in [6.45, 7) is 0. The van der Waals surface area contributed by atoms with Crippen LogP contribution in [0.25, 0.3) is 5.69 Å². The van der Waals surface area contributed by atoms with Crippen molar-refractivity contribution in [3.8, 4) is 11.8 Å². The highest BCUT2D eigenvalue weighted by Gasteiger charge is 2.35. The third kappa shape index (κ3) is 3.48. The monoisotopic (exact) mass is 386 g/mol. The Morgan fingerprint density at radius 1 is 1.31 bits per heavy atom. The predicted molar refractivity (Wildman–Crippen MR) is 86.5 cm³/mol. The number of aromatic nitrogens is 2. The average molecular weight is 387 g/mol. The maximum absolute atomic E-state index is 12.9. The van der Waals surface area contributed by atoms with Crippen LogP contribution in [0.4, 0.5) is 13.2 Å². The van der Waals surface area contributed by atoms with Crippen LogP contribution in [0.3, 0.4) is 0 Å². The van der Waals surface area contributed by atoms with E-state index in [-0.39, 0.29) is 22.0 Å². The van der Waals surface area contributed by atoms with Crippen molar-refractivity contribution < 1.29 is 18.0 Å². The van der Waals surface area contributed by atoms with E-state index in [0.717, 1.165) is 7.05 Å². The maximum Gasteiger partial charge on any atom is 0.431 e. The number of alkyl halides is 3. The lowest BCUT2D eigenvalue weighted by atomic mass is 10.1. The molecular weight excluding hydrogens is 377 g/mol. The van der Waals surface area contributed by atoms with E-state index < -0.39 is 23.1 Å². The number of hydrogen-bond donors (Lipinski definition) is 0. The molecule has 0 saturated carbocycles. The lowest BCUT2D eigenvalue weighted by Gasteiger charge is -2.14. The first kappa shape index (κ1) is 19.3. The van der Waals surface area contributed by atoms with Gasteiger partial charge in [-0.2, -0.15) is 18.4 Å². The summed E-state index contributed by atoms with van der Waals surface area (Å²) in [5.41, 5.74) is -4.05. The molecule has 0 atom stereocenters. The summed E-state index contributed by atoms with van der Waals surface area (Å²) < 4.78 is 39.6. The number of halogens is 4. The maximum atomic E-state index is 12.9. The van der Waals surface area contributed by atoms with Crippen LogP contribution < -0.4 is 11.2 Å². The molecule has 0 N–H and O–H groups in total. The lowest BCUT2D eigenvalue weighted by molar-refractivity contribution is -0.144. The minimum absolute atomic E-state index is 0.0439. The smallest absolute Gasteiger partial charge is 0.398 e. The summed E-state index contributed by atoms with van der Waals surface area (Å²) in [6, 6.07) is 5.75. The van der Waals surface area contributed by atoms with Crippen molar-refractivity contribution in [3.63, 3.8) is 0 Å². The van der Waals surface area contributed by atoms with Gasteiger partial charge in [-0.1, -0.05) is 16.8 Å². The van der Waals surface area contributed by atoms with Crippen LogP contribution in [0, 0.1) is 11.3 Å². The number of nitrogens with zero attached hydrogens (tertiary/aromatic N) is 4. The highest BCUT2D eigenvalue weighted by Crippen LogP contribution is 2.27. The van der Waals surface area contributed by atoms with Gasteiger partial charge < -0.3 is 4.84 Å². The van der Waals surface area contributed by atoms with E-state index in [1.807, 2.05) is 0 Å². The Morgan fingerprint density at radius 2 is 1.96 bits per heavy atom. The second kappa shape index (κ2) is 7.05. The number of benzene rings is 1. The molecule has 1 aromatic carbocycles. The average Bonchev–Trinajstić information content (AvgIpc) is 2.56. The van der Waals surface area contributed by atoms with Crippen molar-refractivity contribution in [2.45, 2.75) is 6.18 Å². The highest BCUT2D eigenvalue weighted by atomic mass is 35.5. The van der Waals surface area contributed by atoms with E-state index in [0.29, 0.717) is 15.2 Å². The van der Waals surface area contributed by atoms with Crippen LogP contribution in [0.15, 0.2) is 39.0 Å². The zero-order chi connectivity index (χ0) is 19.6. The second-order valence-electron chi connectivity index (χ2n) is 4.94. The van der Waals surface area contributed by atoms with Crippen LogP contribution in [0.2, 0.25) is 5.02 Å². The molecule has 11 heteroatoms. The van der Waals surface area contributed by atoms with Crippen LogP contribution in [-0.4, -0.2) is 22.0 Å². The fourth-order valence-electron chi connectivity index (χ4n) is 2.19. The van der Waals surface area contributed by atoms with E-state index in [4.69, 9.17) is 16.9 Å². The number of hydrogen-bond acceptors (Lipinski definition) is 5. The van der Waals surface area contributed by atoms with Crippen molar-refractivity contribution >= 4 is 17.3 Å². The van der Waals surface area contributed by atoms with E-state index >= 15 is 0 Å². The van der Waals surface area contributed by atoms with Gasteiger partial charge in [0.1, 0.15) is 18.9 Å². The molecule has 136 valence electrons. The quantitative estimate of drug-likeness (QED) is 0.596. The molecule has 26 heavy (non-hydrogen) atoms. The molecule has 0 unspecified atom stereocenters. The molecule has 0 radical (unpaired) electrons. The summed E-state index contributed by atoms with van der Waals surface area (Å²) in [6.07, 6.45) is -4.86. The molecule has 0 aliphatic carbocycles. The molecule has 2 aromatic rings. The Bertz CT molecular complexity index is 1050. The van der Waals surface area contributed by atoms with Crippen molar-refractivity contribution in [1.82, 2.24) is 9.13 Å². The fourth-order valence-corrected chi connectivity index (χ4v) is 2.40. The zero-order valence-corrected chi connectivity index (χ0v) is 14.1. The summed E-state index contributed by atoms with van der Waals surface area (Å²) in [4.78, 5) is 28.9. The molecular formula is C15H10ClF3N4O3. The first-order valence-corrected chi connectivity index (χ1v) is 7.21. The molecule has 0 saturated heterocycles. The fraction of sp³-hybridized carbons (Fsp3) is 0.200. The van der Waals surface area contributed by atoms with Gasteiger partial charge in [0.15, 0.2) is 5.71 Å². The molecule has 1 aromatic heterocycles. The summed E-state index contributed by atoms with van der Waals surface area (Å²) in [5, 5.41) is 12.6. The first-order chi connectivity index (χ1) is 12.1.